The summed E-state index contributed by atoms with van der Waals surface area (Å²) in [6.07, 6.45) is 1.45. The van der Waals surface area contributed by atoms with Crippen molar-refractivity contribution in [3.8, 4) is 0 Å². The highest BCUT2D eigenvalue weighted by Gasteiger charge is 2.09. The van der Waals surface area contributed by atoms with Gasteiger partial charge in [-0.25, -0.2) is 4.79 Å². The van der Waals surface area contributed by atoms with Crippen molar-refractivity contribution >= 4 is 21.7 Å². The Balaban J connectivity index is 1.83. The number of ketones is 1. The summed E-state index contributed by atoms with van der Waals surface area (Å²) >= 11 is 3.10. The molecule has 0 aliphatic rings. The first-order chi connectivity index (χ1) is 11.5. The van der Waals surface area contributed by atoms with E-state index in [-0.39, 0.29) is 10.3 Å². The van der Waals surface area contributed by atoms with Gasteiger partial charge in [0.1, 0.15) is 0 Å². The van der Waals surface area contributed by atoms with Crippen molar-refractivity contribution in [2.75, 3.05) is 0 Å². The number of aromatic nitrogens is 2. The average molecular weight is 385 g/mol. The number of hydrogen-bond acceptors (Lipinski definition) is 3. The van der Waals surface area contributed by atoms with Crippen molar-refractivity contribution in [1.82, 2.24) is 9.55 Å². The lowest BCUT2D eigenvalue weighted by Gasteiger charge is -2.07. The lowest BCUT2D eigenvalue weighted by Crippen LogP contribution is -2.30. The van der Waals surface area contributed by atoms with Crippen LogP contribution in [-0.4, -0.2) is 15.3 Å². The van der Waals surface area contributed by atoms with Crippen LogP contribution in [0.5, 0.6) is 0 Å². The molecule has 0 spiro atoms. The number of carbonyl (C=O) groups is 1. The minimum absolute atomic E-state index is 0.0499. The van der Waals surface area contributed by atoms with Gasteiger partial charge in [0.2, 0.25) is 0 Å². The molecule has 0 aliphatic heterocycles. The summed E-state index contributed by atoms with van der Waals surface area (Å²) in [4.78, 5) is 37.7. The van der Waals surface area contributed by atoms with Crippen LogP contribution in [0.4, 0.5) is 0 Å². The summed E-state index contributed by atoms with van der Waals surface area (Å²) in [6, 6.07) is 16.1. The molecule has 1 heterocycles. The first kappa shape index (κ1) is 16.1. The molecule has 5 nitrogen and oxygen atoms in total. The average Bonchev–Trinajstić information content (AvgIpc) is 2.60. The van der Waals surface area contributed by atoms with E-state index in [9.17, 15) is 14.4 Å². The molecule has 120 valence electrons. The predicted molar refractivity (Wildman–Crippen MR) is 94.4 cm³/mol. The second kappa shape index (κ2) is 6.80. The zero-order valence-corrected chi connectivity index (χ0v) is 14.1. The third kappa shape index (κ3) is 3.44. The van der Waals surface area contributed by atoms with Crippen LogP contribution in [0.2, 0.25) is 0 Å². The van der Waals surface area contributed by atoms with Crippen molar-refractivity contribution in [2.24, 2.45) is 0 Å². The second-order valence-electron chi connectivity index (χ2n) is 5.26. The number of aromatic amines is 1. The number of H-pyrrole nitrogens is 1. The minimum Gasteiger partial charge on any atom is -0.295 e. The highest BCUT2D eigenvalue weighted by atomic mass is 79.9. The first-order valence-electron chi connectivity index (χ1n) is 7.22. The summed E-state index contributed by atoms with van der Waals surface area (Å²) in [6.45, 7) is 0.300. The Kier molecular flexibility index (Phi) is 4.57. The lowest BCUT2D eigenvalue weighted by atomic mass is 10.0. The zero-order chi connectivity index (χ0) is 17.1. The maximum Gasteiger partial charge on any atom is 0.328 e. The van der Waals surface area contributed by atoms with E-state index in [0.717, 1.165) is 5.56 Å². The van der Waals surface area contributed by atoms with Gasteiger partial charge in [-0.1, -0.05) is 54.6 Å². The van der Waals surface area contributed by atoms with Crippen molar-refractivity contribution in [3.63, 3.8) is 0 Å². The standard InChI is InChI=1S/C18H13BrN2O3/c19-15-11-21(18(24)20-17(15)23)10-12-6-8-14(9-7-12)16(22)13-4-2-1-3-5-13/h1-9,11H,10H2,(H,20,23,24). The van der Waals surface area contributed by atoms with Crippen LogP contribution in [0.25, 0.3) is 0 Å². The van der Waals surface area contributed by atoms with Gasteiger partial charge in [0.25, 0.3) is 5.56 Å². The molecule has 1 aromatic heterocycles. The summed E-state index contributed by atoms with van der Waals surface area (Å²) in [5.41, 5.74) is 1.12. The molecule has 0 aliphatic carbocycles. The van der Waals surface area contributed by atoms with Crippen LogP contribution in [0.1, 0.15) is 21.5 Å². The number of nitrogens with one attached hydrogen (secondary N) is 1. The van der Waals surface area contributed by atoms with Gasteiger partial charge in [-0.05, 0) is 21.5 Å². The third-order valence-electron chi connectivity index (χ3n) is 3.57. The Bertz CT molecular complexity index is 989. The fraction of sp³-hybridized carbons (Fsp3) is 0.0556. The molecule has 6 heteroatoms. The number of carbonyl (C=O) groups excluding carboxylic acids is 1. The summed E-state index contributed by atoms with van der Waals surface area (Å²) in [5, 5.41) is 0. The maximum atomic E-state index is 12.4. The highest BCUT2D eigenvalue weighted by Crippen LogP contribution is 2.12. The van der Waals surface area contributed by atoms with E-state index < -0.39 is 11.2 Å². The molecule has 0 saturated heterocycles. The number of halogens is 1. The predicted octanol–water partition coefficient (Wildman–Crippen LogP) is 2.58. The van der Waals surface area contributed by atoms with Crippen LogP contribution in [0, 0.1) is 0 Å². The highest BCUT2D eigenvalue weighted by molar-refractivity contribution is 9.10. The summed E-state index contributed by atoms with van der Waals surface area (Å²) < 4.78 is 1.68. The van der Waals surface area contributed by atoms with Crippen molar-refractivity contribution in [2.45, 2.75) is 6.54 Å². The van der Waals surface area contributed by atoms with E-state index in [1.54, 1.807) is 36.4 Å². The second-order valence-corrected chi connectivity index (χ2v) is 6.11. The monoisotopic (exact) mass is 384 g/mol. The SMILES string of the molecule is O=C(c1ccccc1)c1ccc(Cn2cc(Br)c(=O)[nH]c2=O)cc1. The fourth-order valence-corrected chi connectivity index (χ4v) is 2.66. The fourth-order valence-electron chi connectivity index (χ4n) is 2.31. The van der Waals surface area contributed by atoms with Gasteiger partial charge in [0.15, 0.2) is 5.78 Å². The largest absolute Gasteiger partial charge is 0.328 e. The van der Waals surface area contributed by atoms with E-state index >= 15 is 0 Å². The molecule has 0 radical (unpaired) electrons. The molecule has 24 heavy (non-hydrogen) atoms. The van der Waals surface area contributed by atoms with Gasteiger partial charge in [0.05, 0.1) is 11.0 Å². The van der Waals surface area contributed by atoms with Gasteiger partial charge in [-0.15, -0.1) is 0 Å². The molecule has 3 aromatic rings. The first-order valence-corrected chi connectivity index (χ1v) is 8.02. The Morgan fingerprint density at radius 1 is 0.958 bits per heavy atom. The van der Waals surface area contributed by atoms with E-state index in [1.165, 1.54) is 10.8 Å². The molecule has 0 bridgehead atoms. The Labute approximate surface area is 145 Å². The molecule has 0 atom stereocenters. The molecule has 0 saturated carbocycles. The van der Waals surface area contributed by atoms with Crippen LogP contribution in [0.3, 0.4) is 0 Å². The van der Waals surface area contributed by atoms with Gasteiger partial charge in [0, 0.05) is 17.3 Å². The summed E-state index contributed by atoms with van der Waals surface area (Å²) in [7, 11) is 0. The summed E-state index contributed by atoms with van der Waals surface area (Å²) in [5.74, 6) is -0.0499. The number of nitrogens with zero attached hydrogens (tertiary/aromatic N) is 1. The van der Waals surface area contributed by atoms with Crippen molar-refractivity contribution in [1.29, 1.82) is 0 Å². The molecule has 0 unspecified atom stereocenters. The Morgan fingerprint density at radius 2 is 1.58 bits per heavy atom. The van der Waals surface area contributed by atoms with E-state index in [1.807, 2.05) is 18.2 Å². The Hall–Kier alpha value is -2.73. The van der Waals surface area contributed by atoms with Crippen LogP contribution >= 0.6 is 15.9 Å². The van der Waals surface area contributed by atoms with E-state index in [2.05, 4.69) is 20.9 Å². The molecule has 1 N–H and O–H groups in total. The Morgan fingerprint density at radius 3 is 2.25 bits per heavy atom. The number of benzene rings is 2. The number of hydrogen-bond donors (Lipinski definition) is 1. The topological polar surface area (TPSA) is 71.9 Å². The third-order valence-corrected chi connectivity index (χ3v) is 4.14. The van der Waals surface area contributed by atoms with Gasteiger partial charge < -0.3 is 0 Å². The van der Waals surface area contributed by atoms with Crippen LogP contribution in [0.15, 0.2) is 74.9 Å². The normalized spacial score (nSPS) is 10.5. The quantitative estimate of drug-likeness (QED) is 0.702. The molecule has 2 aromatic carbocycles. The van der Waals surface area contributed by atoms with Crippen molar-refractivity contribution < 1.29 is 4.79 Å². The molecule has 3 rings (SSSR count). The van der Waals surface area contributed by atoms with Gasteiger partial charge in [-0.3, -0.25) is 19.1 Å². The zero-order valence-electron chi connectivity index (χ0n) is 12.5. The molecule has 0 amide bonds. The molecular weight excluding hydrogens is 372 g/mol. The number of rotatable bonds is 4. The van der Waals surface area contributed by atoms with Crippen molar-refractivity contribution in [3.05, 3.63) is 103 Å². The molecular formula is C18H13BrN2O3. The van der Waals surface area contributed by atoms with E-state index in [4.69, 9.17) is 0 Å². The smallest absolute Gasteiger partial charge is 0.295 e. The maximum absolute atomic E-state index is 12.4. The lowest BCUT2D eigenvalue weighted by molar-refractivity contribution is 0.103. The van der Waals surface area contributed by atoms with Gasteiger partial charge >= 0.3 is 5.69 Å². The van der Waals surface area contributed by atoms with Gasteiger partial charge in [-0.2, -0.15) is 0 Å². The van der Waals surface area contributed by atoms with Crippen LogP contribution in [-0.2, 0) is 6.54 Å². The van der Waals surface area contributed by atoms with E-state index in [0.29, 0.717) is 17.7 Å². The van der Waals surface area contributed by atoms with Crippen LogP contribution < -0.4 is 11.2 Å². The molecule has 0 fully saturated rings. The minimum atomic E-state index is -0.479.